The fourth-order valence-electron chi connectivity index (χ4n) is 1.39. The van der Waals surface area contributed by atoms with Crippen LogP contribution in [0.5, 0.6) is 0 Å². The number of carbonyl (C=O) groups excluding carboxylic acids is 1. The Morgan fingerprint density at radius 3 is 2.00 bits per heavy atom. The Bertz CT molecular complexity index is 609. The number of carboxylic acids is 1. The summed E-state index contributed by atoms with van der Waals surface area (Å²) in [5.41, 5.74) is 1.81. The molecule has 0 saturated heterocycles. The minimum absolute atomic E-state index is 0.309. The average Bonchev–Trinajstić information content (AvgIpc) is 2.40. The van der Waals surface area contributed by atoms with Gasteiger partial charge < -0.3 is 5.11 Å². The SMILES string of the molecule is Cc1ccccc1C(=O)Cl.O=C(O)c1ccc(Br)cc1. The van der Waals surface area contributed by atoms with Crippen LogP contribution < -0.4 is 0 Å². The highest BCUT2D eigenvalue weighted by atomic mass is 79.9. The van der Waals surface area contributed by atoms with E-state index in [0.29, 0.717) is 11.1 Å². The van der Waals surface area contributed by atoms with Crippen LogP contribution in [-0.2, 0) is 0 Å². The molecular weight excluding hydrogens is 344 g/mol. The van der Waals surface area contributed by atoms with E-state index in [9.17, 15) is 9.59 Å². The topological polar surface area (TPSA) is 54.4 Å². The second-order valence-electron chi connectivity index (χ2n) is 3.90. The summed E-state index contributed by atoms with van der Waals surface area (Å²) < 4.78 is 0.887. The Labute approximate surface area is 130 Å². The molecule has 0 aliphatic rings. The number of benzene rings is 2. The summed E-state index contributed by atoms with van der Waals surface area (Å²) >= 11 is 8.47. The molecule has 0 saturated carbocycles. The molecule has 0 amide bonds. The van der Waals surface area contributed by atoms with E-state index in [0.717, 1.165) is 10.0 Å². The third-order valence-corrected chi connectivity index (χ3v) is 3.18. The van der Waals surface area contributed by atoms with Crippen LogP contribution in [0.3, 0.4) is 0 Å². The van der Waals surface area contributed by atoms with Crippen molar-refractivity contribution >= 4 is 38.7 Å². The van der Waals surface area contributed by atoms with Crippen molar-refractivity contribution in [3.63, 3.8) is 0 Å². The molecule has 0 radical (unpaired) electrons. The van der Waals surface area contributed by atoms with Gasteiger partial charge in [-0.1, -0.05) is 34.1 Å². The van der Waals surface area contributed by atoms with Crippen LogP contribution in [0.4, 0.5) is 0 Å². The van der Waals surface area contributed by atoms with Gasteiger partial charge >= 0.3 is 5.97 Å². The standard InChI is InChI=1S/C8H7ClO.C7H5BrO2/c1-6-4-2-3-5-7(6)8(9)10;8-6-3-1-5(2-4-6)7(9)10/h2-5H,1H3;1-4H,(H,9,10). The van der Waals surface area contributed by atoms with Crippen LogP contribution in [-0.4, -0.2) is 16.3 Å². The average molecular weight is 356 g/mol. The molecule has 0 aromatic heterocycles. The highest BCUT2D eigenvalue weighted by Crippen LogP contribution is 2.10. The number of aromatic carboxylic acids is 1. The Morgan fingerprint density at radius 1 is 1.05 bits per heavy atom. The summed E-state index contributed by atoms with van der Waals surface area (Å²) in [6.07, 6.45) is 0. The van der Waals surface area contributed by atoms with Gasteiger partial charge in [0.25, 0.3) is 5.24 Å². The molecule has 0 fully saturated rings. The van der Waals surface area contributed by atoms with Gasteiger partial charge in [0.1, 0.15) is 0 Å². The van der Waals surface area contributed by atoms with Crippen molar-refractivity contribution < 1.29 is 14.7 Å². The highest BCUT2D eigenvalue weighted by molar-refractivity contribution is 9.10. The molecular formula is C15H12BrClO3. The van der Waals surface area contributed by atoms with E-state index in [1.54, 1.807) is 36.4 Å². The van der Waals surface area contributed by atoms with Crippen LogP contribution in [0.15, 0.2) is 53.0 Å². The lowest BCUT2D eigenvalue weighted by atomic mass is 10.1. The Balaban J connectivity index is 0.000000200. The van der Waals surface area contributed by atoms with Gasteiger partial charge in [-0.15, -0.1) is 0 Å². The first-order valence-electron chi connectivity index (χ1n) is 5.66. The summed E-state index contributed by atoms with van der Waals surface area (Å²) in [5.74, 6) is -0.896. The van der Waals surface area contributed by atoms with Gasteiger partial charge in [-0.2, -0.15) is 0 Å². The molecule has 5 heteroatoms. The molecule has 2 rings (SSSR count). The van der Waals surface area contributed by atoms with Crippen molar-refractivity contribution in [1.82, 2.24) is 0 Å². The second-order valence-corrected chi connectivity index (χ2v) is 5.16. The maximum absolute atomic E-state index is 10.6. The third-order valence-electron chi connectivity index (χ3n) is 2.45. The Hall–Kier alpha value is -1.65. The smallest absolute Gasteiger partial charge is 0.335 e. The fourth-order valence-corrected chi connectivity index (χ4v) is 1.86. The molecule has 0 atom stereocenters. The van der Waals surface area contributed by atoms with Crippen molar-refractivity contribution in [3.05, 3.63) is 69.7 Å². The summed E-state index contributed by atoms with van der Waals surface area (Å²) in [5, 5.41) is 8.07. The maximum Gasteiger partial charge on any atom is 0.335 e. The quantitative estimate of drug-likeness (QED) is 0.806. The summed E-state index contributed by atoms with van der Waals surface area (Å²) in [4.78, 5) is 20.9. The van der Waals surface area contributed by atoms with Crippen LogP contribution in [0.25, 0.3) is 0 Å². The van der Waals surface area contributed by atoms with Crippen LogP contribution in [0.1, 0.15) is 26.3 Å². The number of hydrogen-bond donors (Lipinski definition) is 1. The number of halogens is 2. The van der Waals surface area contributed by atoms with Crippen molar-refractivity contribution in [2.75, 3.05) is 0 Å². The second kappa shape index (κ2) is 7.82. The van der Waals surface area contributed by atoms with Crippen molar-refractivity contribution in [2.45, 2.75) is 6.92 Å². The zero-order valence-electron chi connectivity index (χ0n) is 10.6. The largest absolute Gasteiger partial charge is 0.478 e. The van der Waals surface area contributed by atoms with Crippen molar-refractivity contribution in [2.24, 2.45) is 0 Å². The van der Waals surface area contributed by atoms with Gasteiger partial charge in [-0.05, 0) is 54.4 Å². The molecule has 0 aliphatic heterocycles. The van der Waals surface area contributed by atoms with E-state index in [1.807, 2.05) is 19.1 Å². The molecule has 0 bridgehead atoms. The molecule has 3 nitrogen and oxygen atoms in total. The van der Waals surface area contributed by atoms with E-state index in [2.05, 4.69) is 15.9 Å². The van der Waals surface area contributed by atoms with E-state index >= 15 is 0 Å². The lowest BCUT2D eigenvalue weighted by molar-refractivity contribution is 0.0696. The van der Waals surface area contributed by atoms with Gasteiger partial charge in [0.05, 0.1) is 5.56 Å². The molecule has 1 N–H and O–H groups in total. The minimum atomic E-state index is -0.896. The van der Waals surface area contributed by atoms with E-state index < -0.39 is 11.2 Å². The third kappa shape index (κ3) is 5.15. The first-order chi connectivity index (χ1) is 9.41. The van der Waals surface area contributed by atoms with E-state index in [-0.39, 0.29) is 0 Å². The van der Waals surface area contributed by atoms with Crippen LogP contribution in [0.2, 0.25) is 0 Å². The van der Waals surface area contributed by atoms with Crippen molar-refractivity contribution in [3.8, 4) is 0 Å². The molecule has 2 aromatic rings. The molecule has 0 aliphatic carbocycles. The number of carboxylic acid groups (broad SMARTS) is 1. The van der Waals surface area contributed by atoms with Gasteiger partial charge in [0, 0.05) is 10.0 Å². The van der Waals surface area contributed by atoms with Crippen LogP contribution >= 0.6 is 27.5 Å². The first-order valence-corrected chi connectivity index (χ1v) is 6.83. The lowest BCUT2D eigenvalue weighted by Gasteiger charge is -1.96. The zero-order valence-corrected chi connectivity index (χ0v) is 13.0. The normalized spacial score (nSPS) is 9.35. The highest BCUT2D eigenvalue weighted by Gasteiger charge is 2.02. The number of hydrogen-bond acceptors (Lipinski definition) is 2. The zero-order chi connectivity index (χ0) is 15.1. The Kier molecular flexibility index (Phi) is 6.42. The maximum atomic E-state index is 10.6. The first kappa shape index (κ1) is 16.4. The van der Waals surface area contributed by atoms with E-state index in [4.69, 9.17) is 16.7 Å². The van der Waals surface area contributed by atoms with Gasteiger partial charge in [-0.3, -0.25) is 4.79 Å². The summed E-state index contributed by atoms with van der Waals surface area (Å²) in [6, 6.07) is 13.7. The molecule has 0 heterocycles. The predicted octanol–water partition coefficient (Wildman–Crippen LogP) is 4.52. The number of aryl methyl sites for hydroxylation is 1. The minimum Gasteiger partial charge on any atom is -0.478 e. The monoisotopic (exact) mass is 354 g/mol. The predicted molar refractivity (Wildman–Crippen MR) is 82.5 cm³/mol. The van der Waals surface area contributed by atoms with Gasteiger partial charge in [-0.25, -0.2) is 4.79 Å². The van der Waals surface area contributed by atoms with Crippen LogP contribution in [0, 0.1) is 6.92 Å². The molecule has 104 valence electrons. The molecule has 0 spiro atoms. The van der Waals surface area contributed by atoms with Crippen molar-refractivity contribution in [1.29, 1.82) is 0 Å². The van der Waals surface area contributed by atoms with Gasteiger partial charge in [0.15, 0.2) is 0 Å². The Morgan fingerprint density at radius 2 is 1.60 bits per heavy atom. The van der Waals surface area contributed by atoms with Gasteiger partial charge in [0.2, 0.25) is 0 Å². The number of carbonyl (C=O) groups is 2. The summed E-state index contributed by atoms with van der Waals surface area (Å²) in [6.45, 7) is 1.86. The molecule has 2 aromatic carbocycles. The summed E-state index contributed by atoms with van der Waals surface area (Å²) in [7, 11) is 0. The molecule has 20 heavy (non-hydrogen) atoms. The van der Waals surface area contributed by atoms with E-state index in [1.165, 1.54) is 0 Å². The fraction of sp³-hybridized carbons (Fsp3) is 0.0667. The lowest BCUT2D eigenvalue weighted by Crippen LogP contribution is -1.94. The molecule has 0 unspecified atom stereocenters. The number of rotatable bonds is 2.